The molecule has 0 amide bonds. The van der Waals surface area contributed by atoms with E-state index < -0.39 is 9.84 Å². The number of hydrogen-bond donors (Lipinski definition) is 2. The van der Waals surface area contributed by atoms with Gasteiger partial charge in [0.2, 0.25) is 0 Å². The summed E-state index contributed by atoms with van der Waals surface area (Å²) in [5.41, 5.74) is 5.38. The van der Waals surface area contributed by atoms with Crippen molar-refractivity contribution in [1.29, 1.82) is 5.41 Å². The van der Waals surface area contributed by atoms with Gasteiger partial charge >= 0.3 is 0 Å². The minimum atomic E-state index is -2.93. The molecule has 0 saturated heterocycles. The van der Waals surface area contributed by atoms with Crippen molar-refractivity contribution in [3.63, 3.8) is 0 Å². The SMILES string of the molecule is CCN(CCC(=N)N)C1CCCC(S(C)(=O)=O)C1. The number of amidine groups is 1. The molecule has 3 N–H and O–H groups in total. The van der Waals surface area contributed by atoms with Gasteiger partial charge in [-0.2, -0.15) is 0 Å². The van der Waals surface area contributed by atoms with E-state index in [0.717, 1.165) is 38.8 Å². The molecule has 1 aliphatic rings. The van der Waals surface area contributed by atoms with E-state index in [9.17, 15) is 8.42 Å². The summed E-state index contributed by atoms with van der Waals surface area (Å²) in [6.07, 6.45) is 5.45. The van der Waals surface area contributed by atoms with Crippen LogP contribution in [0.5, 0.6) is 0 Å². The Bertz CT molecular complexity index is 381. The Balaban J connectivity index is 2.60. The van der Waals surface area contributed by atoms with Crippen molar-refractivity contribution in [2.24, 2.45) is 5.73 Å². The van der Waals surface area contributed by atoms with Crippen LogP contribution in [-0.4, -0.2) is 49.8 Å². The van der Waals surface area contributed by atoms with Crippen molar-refractivity contribution in [2.45, 2.75) is 50.3 Å². The van der Waals surface area contributed by atoms with Gasteiger partial charge in [-0.3, -0.25) is 5.41 Å². The first-order chi connectivity index (χ1) is 8.34. The molecule has 2 unspecified atom stereocenters. The van der Waals surface area contributed by atoms with Crippen molar-refractivity contribution >= 4 is 15.7 Å². The summed E-state index contributed by atoms with van der Waals surface area (Å²) in [7, 11) is -2.93. The smallest absolute Gasteiger partial charge is 0.150 e. The first-order valence-electron chi connectivity index (χ1n) is 6.60. The minimum Gasteiger partial charge on any atom is -0.388 e. The van der Waals surface area contributed by atoms with Crippen molar-refractivity contribution in [3.8, 4) is 0 Å². The van der Waals surface area contributed by atoms with Crippen LogP contribution in [0.4, 0.5) is 0 Å². The third-order valence-corrected chi connectivity index (χ3v) is 5.43. The molecule has 0 aliphatic heterocycles. The molecule has 106 valence electrons. The number of rotatable bonds is 6. The summed E-state index contributed by atoms with van der Waals surface area (Å²) < 4.78 is 23.3. The summed E-state index contributed by atoms with van der Waals surface area (Å²) in [6.45, 7) is 3.71. The van der Waals surface area contributed by atoms with Crippen LogP contribution in [0.25, 0.3) is 0 Å². The molecule has 1 aliphatic carbocycles. The van der Waals surface area contributed by atoms with E-state index in [0.29, 0.717) is 12.5 Å². The number of nitrogens with zero attached hydrogens (tertiary/aromatic N) is 1. The Morgan fingerprint density at radius 1 is 1.44 bits per heavy atom. The van der Waals surface area contributed by atoms with Gasteiger partial charge in [-0.05, 0) is 25.8 Å². The van der Waals surface area contributed by atoms with E-state index in [2.05, 4.69) is 11.8 Å². The third-order valence-electron chi connectivity index (χ3n) is 3.79. The van der Waals surface area contributed by atoms with E-state index in [-0.39, 0.29) is 11.1 Å². The average Bonchev–Trinajstić information content (AvgIpc) is 2.29. The Morgan fingerprint density at radius 3 is 2.61 bits per heavy atom. The normalized spacial score (nSPS) is 25.3. The molecule has 0 heterocycles. The number of nitrogens with one attached hydrogen (secondary N) is 1. The summed E-state index contributed by atoms with van der Waals surface area (Å²) in [4.78, 5) is 2.26. The maximum absolute atomic E-state index is 11.6. The van der Waals surface area contributed by atoms with Crippen LogP contribution in [0.1, 0.15) is 39.0 Å². The maximum atomic E-state index is 11.6. The molecule has 6 heteroatoms. The summed E-state index contributed by atoms with van der Waals surface area (Å²) >= 11 is 0. The highest BCUT2D eigenvalue weighted by molar-refractivity contribution is 7.91. The fourth-order valence-electron chi connectivity index (χ4n) is 2.70. The topological polar surface area (TPSA) is 87.2 Å². The van der Waals surface area contributed by atoms with Crippen LogP contribution < -0.4 is 5.73 Å². The fraction of sp³-hybridized carbons (Fsp3) is 0.917. The lowest BCUT2D eigenvalue weighted by atomic mass is 9.93. The summed E-state index contributed by atoms with van der Waals surface area (Å²) in [5, 5.41) is 7.08. The second kappa shape index (κ2) is 6.52. The second-order valence-corrected chi connectivity index (χ2v) is 7.50. The Hall–Kier alpha value is -0.620. The minimum absolute atomic E-state index is 0.192. The van der Waals surface area contributed by atoms with Gasteiger partial charge in [-0.25, -0.2) is 8.42 Å². The maximum Gasteiger partial charge on any atom is 0.150 e. The largest absolute Gasteiger partial charge is 0.388 e. The lowest BCUT2D eigenvalue weighted by Gasteiger charge is -2.36. The first kappa shape index (κ1) is 15.4. The van der Waals surface area contributed by atoms with Gasteiger partial charge in [-0.15, -0.1) is 0 Å². The van der Waals surface area contributed by atoms with Crippen LogP contribution >= 0.6 is 0 Å². The van der Waals surface area contributed by atoms with Crippen molar-refractivity contribution in [2.75, 3.05) is 19.3 Å². The van der Waals surface area contributed by atoms with Gasteiger partial charge in [0.15, 0.2) is 0 Å². The molecular formula is C12H25N3O2S. The zero-order valence-corrected chi connectivity index (χ0v) is 12.2. The van der Waals surface area contributed by atoms with E-state index in [1.165, 1.54) is 6.26 Å². The first-order valence-corrected chi connectivity index (χ1v) is 8.55. The molecule has 1 fully saturated rings. The molecule has 1 rings (SSSR count). The zero-order valence-electron chi connectivity index (χ0n) is 11.4. The Kier molecular flexibility index (Phi) is 5.59. The third kappa shape index (κ3) is 4.57. The quantitative estimate of drug-likeness (QED) is 0.559. The summed E-state index contributed by atoms with van der Waals surface area (Å²) in [6, 6.07) is 0.322. The van der Waals surface area contributed by atoms with Crippen molar-refractivity contribution in [1.82, 2.24) is 4.90 Å². The molecule has 0 bridgehead atoms. The monoisotopic (exact) mass is 275 g/mol. The van der Waals surface area contributed by atoms with Gasteiger partial charge in [0.25, 0.3) is 0 Å². The Labute approximate surface area is 110 Å². The summed E-state index contributed by atoms with van der Waals surface area (Å²) in [5.74, 6) is 0.198. The second-order valence-electron chi connectivity index (χ2n) is 5.18. The Morgan fingerprint density at radius 2 is 2.11 bits per heavy atom. The predicted octanol–water partition coefficient (Wildman–Crippen LogP) is 0.990. The standard InChI is InChI=1S/C12H25N3O2S/c1-3-15(8-7-12(13)14)10-5-4-6-11(9-10)18(2,16)17/h10-11H,3-9H2,1-2H3,(H3,13,14). The highest BCUT2D eigenvalue weighted by atomic mass is 32.2. The molecule has 2 atom stereocenters. The van der Waals surface area contributed by atoms with Gasteiger partial charge in [-0.1, -0.05) is 13.3 Å². The molecule has 0 aromatic heterocycles. The van der Waals surface area contributed by atoms with Gasteiger partial charge in [0.1, 0.15) is 9.84 Å². The van der Waals surface area contributed by atoms with Crippen LogP contribution in [0.2, 0.25) is 0 Å². The van der Waals surface area contributed by atoms with E-state index in [1.54, 1.807) is 0 Å². The van der Waals surface area contributed by atoms with E-state index in [1.807, 2.05) is 0 Å². The fourth-order valence-corrected chi connectivity index (χ4v) is 3.87. The molecule has 0 radical (unpaired) electrons. The van der Waals surface area contributed by atoms with Crippen LogP contribution in [0, 0.1) is 5.41 Å². The van der Waals surface area contributed by atoms with Crippen molar-refractivity contribution < 1.29 is 8.42 Å². The highest BCUT2D eigenvalue weighted by Crippen LogP contribution is 2.27. The highest BCUT2D eigenvalue weighted by Gasteiger charge is 2.31. The number of hydrogen-bond acceptors (Lipinski definition) is 4. The molecular weight excluding hydrogens is 250 g/mol. The molecule has 0 spiro atoms. The predicted molar refractivity (Wildman–Crippen MR) is 74.7 cm³/mol. The molecule has 0 aromatic carbocycles. The van der Waals surface area contributed by atoms with E-state index >= 15 is 0 Å². The van der Waals surface area contributed by atoms with Crippen LogP contribution in [0.15, 0.2) is 0 Å². The molecule has 0 aromatic rings. The van der Waals surface area contributed by atoms with Gasteiger partial charge in [0, 0.05) is 25.3 Å². The van der Waals surface area contributed by atoms with Gasteiger partial charge < -0.3 is 10.6 Å². The number of sulfone groups is 1. The molecule has 18 heavy (non-hydrogen) atoms. The number of nitrogens with two attached hydrogens (primary N) is 1. The molecule has 1 saturated carbocycles. The van der Waals surface area contributed by atoms with Crippen molar-refractivity contribution in [3.05, 3.63) is 0 Å². The van der Waals surface area contributed by atoms with Gasteiger partial charge in [0.05, 0.1) is 11.1 Å². The average molecular weight is 275 g/mol. The molecule has 5 nitrogen and oxygen atoms in total. The van der Waals surface area contributed by atoms with Crippen LogP contribution in [-0.2, 0) is 9.84 Å². The lowest BCUT2D eigenvalue weighted by molar-refractivity contribution is 0.169. The van der Waals surface area contributed by atoms with E-state index in [4.69, 9.17) is 11.1 Å². The zero-order chi connectivity index (χ0) is 13.8. The lowest BCUT2D eigenvalue weighted by Crippen LogP contribution is -2.43. The van der Waals surface area contributed by atoms with Crippen LogP contribution in [0.3, 0.4) is 0 Å².